The van der Waals surface area contributed by atoms with Crippen molar-refractivity contribution in [2.24, 2.45) is 11.8 Å². The minimum Gasteiger partial charge on any atom is -0.299 e. The van der Waals surface area contributed by atoms with Gasteiger partial charge in [-0.3, -0.25) is 4.79 Å². The Labute approximate surface area is 74.9 Å². The van der Waals surface area contributed by atoms with E-state index in [9.17, 15) is 4.79 Å². The molecule has 1 heteroatoms. The van der Waals surface area contributed by atoms with Crippen LogP contribution in [0.15, 0.2) is 11.6 Å². The van der Waals surface area contributed by atoms with Crippen molar-refractivity contribution in [3.05, 3.63) is 11.6 Å². The van der Waals surface area contributed by atoms with Crippen LogP contribution >= 0.6 is 0 Å². The summed E-state index contributed by atoms with van der Waals surface area (Å²) in [6.07, 6.45) is 4.81. The smallest absolute Gasteiger partial charge is 0.137 e. The Kier molecular flexibility index (Phi) is 3.07. The molecule has 1 aliphatic carbocycles. The first-order chi connectivity index (χ1) is 5.59. The van der Waals surface area contributed by atoms with Gasteiger partial charge in [0.1, 0.15) is 5.78 Å². The van der Waals surface area contributed by atoms with Gasteiger partial charge in [-0.2, -0.15) is 0 Å². The largest absolute Gasteiger partial charge is 0.299 e. The number of ketones is 1. The lowest BCUT2D eigenvalue weighted by atomic mass is 9.98. The summed E-state index contributed by atoms with van der Waals surface area (Å²) in [7, 11) is 0. The van der Waals surface area contributed by atoms with Crippen molar-refractivity contribution in [3.8, 4) is 0 Å². The molecule has 1 atom stereocenters. The SMILES string of the molecule is CC1CC=C(C(C)C)CC(=O)C1. The molecule has 1 nitrogen and oxygen atoms in total. The standard InChI is InChI=1S/C11H18O/c1-8(2)10-5-4-9(3)6-11(12)7-10/h5,8-9H,4,6-7H2,1-3H3. The van der Waals surface area contributed by atoms with E-state index in [2.05, 4.69) is 26.8 Å². The summed E-state index contributed by atoms with van der Waals surface area (Å²) in [5.41, 5.74) is 1.34. The quantitative estimate of drug-likeness (QED) is 0.547. The fourth-order valence-electron chi connectivity index (χ4n) is 1.64. The molecule has 0 amide bonds. The highest BCUT2D eigenvalue weighted by Gasteiger charge is 2.16. The molecule has 0 aliphatic heterocycles. The van der Waals surface area contributed by atoms with Crippen LogP contribution < -0.4 is 0 Å². The third kappa shape index (κ3) is 2.47. The van der Waals surface area contributed by atoms with Gasteiger partial charge >= 0.3 is 0 Å². The summed E-state index contributed by atoms with van der Waals surface area (Å²) in [4.78, 5) is 11.4. The summed E-state index contributed by atoms with van der Waals surface area (Å²) in [6, 6.07) is 0. The molecule has 0 N–H and O–H groups in total. The van der Waals surface area contributed by atoms with Crippen LogP contribution in [0.3, 0.4) is 0 Å². The van der Waals surface area contributed by atoms with Crippen molar-refractivity contribution < 1.29 is 4.79 Å². The topological polar surface area (TPSA) is 17.1 Å². The number of carbonyl (C=O) groups excluding carboxylic acids is 1. The van der Waals surface area contributed by atoms with Crippen molar-refractivity contribution in [3.63, 3.8) is 0 Å². The van der Waals surface area contributed by atoms with Gasteiger partial charge in [0.25, 0.3) is 0 Å². The van der Waals surface area contributed by atoms with Crippen LogP contribution in [0.2, 0.25) is 0 Å². The summed E-state index contributed by atoms with van der Waals surface area (Å²) in [5.74, 6) is 1.51. The zero-order valence-corrected chi connectivity index (χ0v) is 8.26. The highest BCUT2D eigenvalue weighted by molar-refractivity contribution is 5.81. The second-order valence-electron chi connectivity index (χ2n) is 4.19. The van der Waals surface area contributed by atoms with Gasteiger partial charge in [0, 0.05) is 12.8 Å². The molecule has 0 aromatic heterocycles. The van der Waals surface area contributed by atoms with Gasteiger partial charge in [-0.1, -0.05) is 32.4 Å². The number of hydrogen-bond donors (Lipinski definition) is 0. The van der Waals surface area contributed by atoms with E-state index in [1.807, 2.05) is 0 Å². The van der Waals surface area contributed by atoms with Crippen LogP contribution in [0.25, 0.3) is 0 Å². The molecule has 0 spiro atoms. The third-order valence-electron chi connectivity index (χ3n) is 2.50. The maximum absolute atomic E-state index is 11.4. The van der Waals surface area contributed by atoms with Gasteiger partial charge in [0.05, 0.1) is 0 Å². The number of allylic oxidation sites excluding steroid dienone is 2. The Morgan fingerprint density at radius 3 is 2.75 bits per heavy atom. The molecule has 1 rings (SSSR count). The Morgan fingerprint density at radius 1 is 1.50 bits per heavy atom. The van der Waals surface area contributed by atoms with Crippen LogP contribution in [0.5, 0.6) is 0 Å². The van der Waals surface area contributed by atoms with E-state index in [1.165, 1.54) is 5.57 Å². The van der Waals surface area contributed by atoms with Crippen LogP contribution in [-0.2, 0) is 4.79 Å². The van der Waals surface area contributed by atoms with Gasteiger partial charge in [0.2, 0.25) is 0 Å². The molecule has 1 aliphatic rings. The average molecular weight is 166 g/mol. The fourth-order valence-corrected chi connectivity index (χ4v) is 1.64. The molecule has 1 unspecified atom stereocenters. The molecule has 0 aromatic rings. The van der Waals surface area contributed by atoms with E-state index >= 15 is 0 Å². The third-order valence-corrected chi connectivity index (χ3v) is 2.50. The molecule has 0 bridgehead atoms. The molecule has 0 heterocycles. The first kappa shape index (κ1) is 9.50. The van der Waals surface area contributed by atoms with E-state index in [1.54, 1.807) is 0 Å². The van der Waals surface area contributed by atoms with Gasteiger partial charge in [-0.05, 0) is 18.3 Å². The number of rotatable bonds is 1. The van der Waals surface area contributed by atoms with Crippen molar-refractivity contribution in [1.29, 1.82) is 0 Å². The van der Waals surface area contributed by atoms with Crippen LogP contribution in [-0.4, -0.2) is 5.78 Å². The Morgan fingerprint density at radius 2 is 2.17 bits per heavy atom. The summed E-state index contributed by atoms with van der Waals surface area (Å²) in [6.45, 7) is 6.47. The number of Topliss-reactive ketones (excluding diaryl/α,β-unsaturated/α-hetero) is 1. The second-order valence-corrected chi connectivity index (χ2v) is 4.19. The lowest BCUT2D eigenvalue weighted by Crippen LogP contribution is -2.04. The predicted octanol–water partition coefficient (Wildman–Crippen LogP) is 2.96. The molecular weight excluding hydrogens is 148 g/mol. The second kappa shape index (κ2) is 3.88. The van der Waals surface area contributed by atoms with Crippen LogP contribution in [0, 0.1) is 11.8 Å². The first-order valence-corrected chi connectivity index (χ1v) is 4.80. The van der Waals surface area contributed by atoms with Crippen molar-refractivity contribution in [2.75, 3.05) is 0 Å². The Balaban J connectivity index is 2.68. The van der Waals surface area contributed by atoms with Gasteiger partial charge in [0.15, 0.2) is 0 Å². The number of carbonyl (C=O) groups is 1. The molecule has 0 saturated carbocycles. The fraction of sp³-hybridized carbons (Fsp3) is 0.727. The van der Waals surface area contributed by atoms with E-state index < -0.39 is 0 Å². The van der Waals surface area contributed by atoms with E-state index in [-0.39, 0.29) is 0 Å². The molecule has 0 saturated heterocycles. The van der Waals surface area contributed by atoms with E-state index in [4.69, 9.17) is 0 Å². The van der Waals surface area contributed by atoms with Crippen molar-refractivity contribution >= 4 is 5.78 Å². The molecular formula is C11H18O. The zero-order valence-electron chi connectivity index (χ0n) is 8.26. The van der Waals surface area contributed by atoms with Crippen molar-refractivity contribution in [1.82, 2.24) is 0 Å². The normalized spacial score (nSPS) is 25.5. The van der Waals surface area contributed by atoms with Crippen molar-refractivity contribution in [2.45, 2.75) is 40.0 Å². The van der Waals surface area contributed by atoms with Gasteiger partial charge in [-0.15, -0.1) is 0 Å². The zero-order chi connectivity index (χ0) is 9.14. The summed E-state index contributed by atoms with van der Waals surface area (Å²) >= 11 is 0. The Bertz CT molecular complexity index is 201. The van der Waals surface area contributed by atoms with Crippen LogP contribution in [0.4, 0.5) is 0 Å². The highest BCUT2D eigenvalue weighted by atomic mass is 16.1. The Hall–Kier alpha value is -0.590. The molecule has 0 radical (unpaired) electrons. The summed E-state index contributed by atoms with van der Waals surface area (Å²) in [5, 5.41) is 0. The number of hydrogen-bond acceptors (Lipinski definition) is 1. The van der Waals surface area contributed by atoms with Gasteiger partial charge in [-0.25, -0.2) is 0 Å². The predicted molar refractivity (Wildman–Crippen MR) is 50.9 cm³/mol. The minimum absolute atomic E-state index is 0.417. The van der Waals surface area contributed by atoms with Crippen LogP contribution in [0.1, 0.15) is 40.0 Å². The maximum atomic E-state index is 11.4. The van der Waals surface area contributed by atoms with E-state index in [0.717, 1.165) is 12.8 Å². The average Bonchev–Trinajstić information content (AvgIpc) is 2.11. The van der Waals surface area contributed by atoms with Gasteiger partial charge < -0.3 is 0 Å². The molecule has 0 fully saturated rings. The first-order valence-electron chi connectivity index (χ1n) is 4.80. The molecule has 12 heavy (non-hydrogen) atoms. The monoisotopic (exact) mass is 166 g/mol. The highest BCUT2D eigenvalue weighted by Crippen LogP contribution is 2.23. The minimum atomic E-state index is 0.417. The lowest BCUT2D eigenvalue weighted by molar-refractivity contribution is -0.119. The lowest BCUT2D eigenvalue weighted by Gasteiger charge is -2.07. The maximum Gasteiger partial charge on any atom is 0.137 e. The molecule has 68 valence electrons. The molecule has 0 aromatic carbocycles. The summed E-state index contributed by atoms with van der Waals surface area (Å²) < 4.78 is 0. The van der Waals surface area contributed by atoms with E-state index in [0.29, 0.717) is 24.0 Å².